The molecule has 0 radical (unpaired) electrons. The van der Waals surface area contributed by atoms with Crippen molar-refractivity contribution < 1.29 is 5.11 Å². The molecule has 82 valence electrons. The molecule has 1 atom stereocenters. The molecule has 2 rings (SSSR count). The van der Waals surface area contributed by atoms with Crippen LogP contribution in [0.1, 0.15) is 71.1 Å². The van der Waals surface area contributed by atoms with Crippen LogP contribution in [0.4, 0.5) is 0 Å². The Hall–Kier alpha value is -0.0400. The summed E-state index contributed by atoms with van der Waals surface area (Å²) in [6.07, 6.45) is 12.4. The molecule has 1 unspecified atom stereocenters. The molecule has 0 saturated heterocycles. The molecule has 0 amide bonds. The minimum Gasteiger partial charge on any atom is -0.389 e. The first-order valence-electron chi connectivity index (χ1n) is 6.45. The molecular weight excluding hydrogens is 172 g/mol. The van der Waals surface area contributed by atoms with Crippen LogP contribution in [0.5, 0.6) is 0 Å². The second-order valence-corrected chi connectivity index (χ2v) is 5.48. The summed E-state index contributed by atoms with van der Waals surface area (Å²) >= 11 is 0. The number of hydrogen-bond acceptors (Lipinski definition) is 1. The Balaban J connectivity index is 2.17. The highest BCUT2D eigenvalue weighted by atomic mass is 16.3. The Bertz CT molecular complexity index is 189. The van der Waals surface area contributed by atoms with Crippen LogP contribution in [0.2, 0.25) is 0 Å². The molecule has 0 heterocycles. The Morgan fingerprint density at radius 1 is 0.929 bits per heavy atom. The van der Waals surface area contributed by atoms with Gasteiger partial charge >= 0.3 is 0 Å². The summed E-state index contributed by atoms with van der Waals surface area (Å²) in [6, 6.07) is 0. The number of aliphatic hydroxyl groups is 1. The van der Waals surface area contributed by atoms with E-state index in [0.29, 0.717) is 5.41 Å². The van der Waals surface area contributed by atoms with E-state index in [2.05, 4.69) is 6.92 Å². The van der Waals surface area contributed by atoms with Crippen molar-refractivity contribution >= 4 is 0 Å². The van der Waals surface area contributed by atoms with Crippen molar-refractivity contribution in [2.75, 3.05) is 0 Å². The third-order valence-electron chi connectivity index (χ3n) is 4.71. The van der Waals surface area contributed by atoms with Gasteiger partial charge in [-0.2, -0.15) is 0 Å². The van der Waals surface area contributed by atoms with E-state index in [-0.39, 0.29) is 5.60 Å². The van der Waals surface area contributed by atoms with Gasteiger partial charge in [-0.1, -0.05) is 39.0 Å². The smallest absolute Gasteiger partial charge is 0.0703 e. The lowest BCUT2D eigenvalue weighted by molar-refractivity contribution is -0.118. The van der Waals surface area contributed by atoms with Gasteiger partial charge in [-0.05, 0) is 37.5 Å². The highest BCUT2D eigenvalue weighted by Gasteiger charge is 2.51. The van der Waals surface area contributed by atoms with Crippen LogP contribution in [-0.4, -0.2) is 10.7 Å². The molecule has 0 bridgehead atoms. The van der Waals surface area contributed by atoms with Crippen molar-refractivity contribution in [2.45, 2.75) is 76.7 Å². The quantitative estimate of drug-likeness (QED) is 0.714. The van der Waals surface area contributed by atoms with Crippen LogP contribution in [0, 0.1) is 5.41 Å². The average molecular weight is 196 g/mol. The maximum Gasteiger partial charge on any atom is 0.0703 e. The predicted molar refractivity (Wildman–Crippen MR) is 59.2 cm³/mol. The molecule has 2 aliphatic carbocycles. The van der Waals surface area contributed by atoms with Gasteiger partial charge in [-0.25, -0.2) is 0 Å². The van der Waals surface area contributed by atoms with E-state index in [4.69, 9.17) is 0 Å². The molecule has 2 aliphatic rings. The first-order valence-corrected chi connectivity index (χ1v) is 6.45. The van der Waals surface area contributed by atoms with E-state index in [1.807, 2.05) is 0 Å². The van der Waals surface area contributed by atoms with Crippen molar-refractivity contribution in [1.29, 1.82) is 0 Å². The summed E-state index contributed by atoms with van der Waals surface area (Å²) in [5.74, 6) is 0. The highest BCUT2D eigenvalue weighted by molar-refractivity contribution is 5.03. The maximum atomic E-state index is 10.8. The molecule has 0 aliphatic heterocycles. The molecular formula is C13H24O. The SMILES string of the molecule is CCCC1(O)CCCCC12CCCC2. The fraction of sp³-hybridized carbons (Fsp3) is 1.00. The van der Waals surface area contributed by atoms with Crippen LogP contribution in [-0.2, 0) is 0 Å². The summed E-state index contributed by atoms with van der Waals surface area (Å²) < 4.78 is 0. The van der Waals surface area contributed by atoms with Gasteiger partial charge < -0.3 is 5.11 Å². The van der Waals surface area contributed by atoms with Crippen molar-refractivity contribution in [3.63, 3.8) is 0 Å². The van der Waals surface area contributed by atoms with E-state index in [1.165, 1.54) is 44.9 Å². The second kappa shape index (κ2) is 3.84. The van der Waals surface area contributed by atoms with Gasteiger partial charge in [-0.15, -0.1) is 0 Å². The summed E-state index contributed by atoms with van der Waals surface area (Å²) in [4.78, 5) is 0. The largest absolute Gasteiger partial charge is 0.389 e. The fourth-order valence-corrected chi connectivity index (χ4v) is 3.95. The van der Waals surface area contributed by atoms with Gasteiger partial charge in [0, 0.05) is 0 Å². The molecule has 1 heteroatoms. The summed E-state index contributed by atoms with van der Waals surface area (Å²) in [6.45, 7) is 2.20. The van der Waals surface area contributed by atoms with Gasteiger partial charge in [-0.3, -0.25) is 0 Å². The lowest BCUT2D eigenvalue weighted by atomic mass is 9.60. The van der Waals surface area contributed by atoms with Gasteiger partial charge in [0.15, 0.2) is 0 Å². The second-order valence-electron chi connectivity index (χ2n) is 5.48. The minimum absolute atomic E-state index is 0.295. The standard InChI is InChI=1S/C13H24O/c1-2-7-13(14)11-6-5-10-12(13)8-3-4-9-12/h14H,2-11H2,1H3. The highest BCUT2D eigenvalue weighted by Crippen LogP contribution is 2.56. The Morgan fingerprint density at radius 2 is 1.43 bits per heavy atom. The molecule has 0 aromatic carbocycles. The maximum absolute atomic E-state index is 10.8. The monoisotopic (exact) mass is 196 g/mol. The molecule has 1 N–H and O–H groups in total. The third-order valence-corrected chi connectivity index (χ3v) is 4.71. The molecule has 1 nitrogen and oxygen atoms in total. The van der Waals surface area contributed by atoms with E-state index < -0.39 is 0 Å². The normalized spacial score (nSPS) is 36.4. The summed E-state index contributed by atoms with van der Waals surface area (Å²) in [5.41, 5.74) is 0.0394. The lowest BCUT2D eigenvalue weighted by Gasteiger charge is -2.49. The number of rotatable bonds is 2. The zero-order valence-corrected chi connectivity index (χ0v) is 9.52. The Morgan fingerprint density at radius 3 is 1.93 bits per heavy atom. The molecule has 2 saturated carbocycles. The van der Waals surface area contributed by atoms with Gasteiger partial charge in [0.1, 0.15) is 0 Å². The Kier molecular flexibility index (Phi) is 2.88. The van der Waals surface area contributed by atoms with Gasteiger partial charge in [0.2, 0.25) is 0 Å². The van der Waals surface area contributed by atoms with Crippen LogP contribution >= 0.6 is 0 Å². The Labute approximate surface area is 87.9 Å². The topological polar surface area (TPSA) is 20.2 Å². The number of hydrogen-bond donors (Lipinski definition) is 1. The molecule has 14 heavy (non-hydrogen) atoms. The predicted octanol–water partition coefficient (Wildman–Crippen LogP) is 3.65. The zero-order chi connectivity index (χ0) is 10.1. The van der Waals surface area contributed by atoms with E-state index in [9.17, 15) is 5.11 Å². The van der Waals surface area contributed by atoms with Crippen LogP contribution < -0.4 is 0 Å². The van der Waals surface area contributed by atoms with Crippen molar-refractivity contribution in [3.8, 4) is 0 Å². The van der Waals surface area contributed by atoms with Crippen molar-refractivity contribution in [2.24, 2.45) is 5.41 Å². The lowest BCUT2D eigenvalue weighted by Crippen LogP contribution is -2.49. The van der Waals surface area contributed by atoms with Crippen molar-refractivity contribution in [3.05, 3.63) is 0 Å². The van der Waals surface area contributed by atoms with E-state index in [0.717, 1.165) is 19.3 Å². The summed E-state index contributed by atoms with van der Waals surface area (Å²) in [7, 11) is 0. The molecule has 0 aromatic heterocycles. The van der Waals surface area contributed by atoms with Crippen LogP contribution in [0.25, 0.3) is 0 Å². The minimum atomic E-state index is -0.295. The van der Waals surface area contributed by atoms with E-state index >= 15 is 0 Å². The van der Waals surface area contributed by atoms with E-state index in [1.54, 1.807) is 0 Å². The third kappa shape index (κ3) is 1.50. The van der Waals surface area contributed by atoms with Crippen LogP contribution in [0.3, 0.4) is 0 Å². The van der Waals surface area contributed by atoms with Crippen molar-refractivity contribution in [1.82, 2.24) is 0 Å². The summed E-state index contributed by atoms with van der Waals surface area (Å²) in [5, 5.41) is 10.8. The molecule has 2 fully saturated rings. The average Bonchev–Trinajstić information content (AvgIpc) is 2.62. The molecule has 1 spiro atoms. The van der Waals surface area contributed by atoms with Gasteiger partial charge in [0.05, 0.1) is 5.60 Å². The zero-order valence-electron chi connectivity index (χ0n) is 9.52. The first kappa shape index (κ1) is 10.5. The fourth-order valence-electron chi connectivity index (χ4n) is 3.95. The van der Waals surface area contributed by atoms with Crippen LogP contribution in [0.15, 0.2) is 0 Å². The van der Waals surface area contributed by atoms with Gasteiger partial charge in [0.25, 0.3) is 0 Å². The first-order chi connectivity index (χ1) is 6.72. The molecule has 0 aromatic rings.